The minimum atomic E-state index is 0.208. The number of nitrogens with zero attached hydrogens (tertiary/aromatic N) is 2. The van der Waals surface area contributed by atoms with Gasteiger partial charge in [-0.05, 0) is 0 Å². The van der Waals surface area contributed by atoms with Crippen LogP contribution in [-0.4, -0.2) is 24.3 Å². The van der Waals surface area contributed by atoms with Crippen LogP contribution in [0.5, 0.6) is 0 Å². The molecule has 0 fully saturated rings. The van der Waals surface area contributed by atoms with E-state index in [4.69, 9.17) is 4.98 Å². The summed E-state index contributed by atoms with van der Waals surface area (Å²) in [5.74, 6) is 0. The Morgan fingerprint density at radius 2 is 1.57 bits per heavy atom. The van der Waals surface area contributed by atoms with Crippen LogP contribution in [0.3, 0.4) is 0 Å². The second-order valence-corrected chi connectivity index (χ2v) is 7.65. The number of benzene rings is 2. The van der Waals surface area contributed by atoms with Crippen LogP contribution in [0.4, 0.5) is 0 Å². The van der Waals surface area contributed by atoms with Crippen molar-refractivity contribution >= 4 is 29.7 Å². The molecule has 0 saturated carbocycles. The molecule has 0 bridgehead atoms. The summed E-state index contributed by atoms with van der Waals surface area (Å²) >= 11 is 0.208. The number of imidazole rings is 1. The second kappa shape index (κ2) is 6.04. The third kappa shape index (κ3) is 2.70. The third-order valence-electron chi connectivity index (χ3n) is 3.84. The average Bonchev–Trinajstić information content (AvgIpc) is 2.95. The van der Waals surface area contributed by atoms with Crippen LogP contribution >= 0.6 is 0 Å². The number of aromatic nitrogens is 2. The van der Waals surface area contributed by atoms with E-state index in [9.17, 15) is 0 Å². The number of hydrogen-bond donors (Lipinski definition) is 0. The van der Waals surface area contributed by atoms with E-state index < -0.39 is 0 Å². The number of aryl methyl sites for hydroxylation is 1. The molecule has 0 saturated heterocycles. The Morgan fingerprint density at radius 1 is 0.826 bits per heavy atom. The molecule has 3 heteroatoms. The Labute approximate surface area is 142 Å². The SMILES string of the molecule is Cc1ccccc1-c1nc2ccccn2c1[Se]c1ccccc1. The summed E-state index contributed by atoms with van der Waals surface area (Å²) < 4.78 is 4.89. The number of pyridine rings is 1. The quantitative estimate of drug-likeness (QED) is 0.512. The van der Waals surface area contributed by atoms with Crippen molar-refractivity contribution in [2.45, 2.75) is 6.92 Å². The standard InChI is InChI=1S/C20H16N2Se/c1-15-9-5-6-12-17(15)19-20(23-16-10-3-2-4-11-16)22-14-8-7-13-18(22)21-19/h2-14H,1H3. The maximum atomic E-state index is 4.92. The van der Waals surface area contributed by atoms with Gasteiger partial charge in [0.05, 0.1) is 0 Å². The van der Waals surface area contributed by atoms with Crippen LogP contribution in [0.25, 0.3) is 16.9 Å². The molecule has 2 aromatic heterocycles. The second-order valence-electron chi connectivity index (χ2n) is 5.42. The first-order valence-electron chi connectivity index (χ1n) is 7.59. The predicted molar refractivity (Wildman–Crippen MR) is 96.8 cm³/mol. The first kappa shape index (κ1) is 14.3. The molecule has 4 rings (SSSR count). The summed E-state index contributed by atoms with van der Waals surface area (Å²) in [5.41, 5.74) is 4.61. The number of rotatable bonds is 3. The van der Waals surface area contributed by atoms with Gasteiger partial charge in [0.1, 0.15) is 0 Å². The van der Waals surface area contributed by atoms with Crippen molar-refractivity contribution < 1.29 is 0 Å². The van der Waals surface area contributed by atoms with Crippen molar-refractivity contribution in [3.63, 3.8) is 0 Å². The molecule has 2 aromatic carbocycles. The van der Waals surface area contributed by atoms with Gasteiger partial charge in [-0.15, -0.1) is 0 Å². The average molecular weight is 363 g/mol. The molecule has 23 heavy (non-hydrogen) atoms. The van der Waals surface area contributed by atoms with Crippen molar-refractivity contribution in [1.82, 2.24) is 9.38 Å². The van der Waals surface area contributed by atoms with Crippen molar-refractivity contribution in [3.05, 3.63) is 84.6 Å². The minimum absolute atomic E-state index is 0.208. The van der Waals surface area contributed by atoms with Gasteiger partial charge >= 0.3 is 142 Å². The predicted octanol–water partition coefficient (Wildman–Crippen LogP) is 2.96. The van der Waals surface area contributed by atoms with Crippen molar-refractivity contribution in [2.75, 3.05) is 0 Å². The third-order valence-corrected chi connectivity index (χ3v) is 6.13. The van der Waals surface area contributed by atoms with Gasteiger partial charge in [0, 0.05) is 0 Å². The number of hydrogen-bond acceptors (Lipinski definition) is 1. The summed E-state index contributed by atoms with van der Waals surface area (Å²) in [6.45, 7) is 2.15. The maximum absolute atomic E-state index is 4.92. The molecule has 2 nitrogen and oxygen atoms in total. The zero-order valence-electron chi connectivity index (χ0n) is 12.8. The first-order chi connectivity index (χ1) is 11.3. The van der Waals surface area contributed by atoms with Crippen molar-refractivity contribution in [2.24, 2.45) is 0 Å². The molecule has 0 unspecified atom stereocenters. The zero-order chi connectivity index (χ0) is 15.6. The molecule has 0 radical (unpaired) electrons. The fraction of sp³-hybridized carbons (Fsp3) is 0.0500. The van der Waals surface area contributed by atoms with Crippen molar-refractivity contribution in [1.29, 1.82) is 0 Å². The van der Waals surface area contributed by atoms with E-state index >= 15 is 0 Å². The fourth-order valence-electron chi connectivity index (χ4n) is 2.69. The Hall–Kier alpha value is -2.35. The molecule has 0 N–H and O–H groups in total. The Bertz CT molecular complexity index is 958. The summed E-state index contributed by atoms with van der Waals surface area (Å²) in [6, 6.07) is 25.4. The van der Waals surface area contributed by atoms with E-state index in [0.717, 1.165) is 11.3 Å². The molecule has 0 amide bonds. The zero-order valence-corrected chi connectivity index (χ0v) is 14.5. The molecule has 0 atom stereocenters. The molecule has 0 aliphatic heterocycles. The Kier molecular flexibility index (Phi) is 3.74. The number of fused-ring (bicyclic) bond motifs is 1. The van der Waals surface area contributed by atoms with Gasteiger partial charge in [0.2, 0.25) is 0 Å². The molecule has 0 aliphatic rings. The van der Waals surface area contributed by atoms with Crippen LogP contribution in [0, 0.1) is 6.92 Å². The van der Waals surface area contributed by atoms with Gasteiger partial charge in [-0.2, -0.15) is 0 Å². The van der Waals surface area contributed by atoms with Crippen LogP contribution in [-0.2, 0) is 0 Å². The molecule has 112 valence electrons. The molecule has 0 spiro atoms. The Balaban J connectivity index is 1.93. The van der Waals surface area contributed by atoms with E-state index in [-0.39, 0.29) is 15.0 Å². The summed E-state index contributed by atoms with van der Waals surface area (Å²) in [5, 5.41) is 0. The van der Waals surface area contributed by atoms with Gasteiger partial charge < -0.3 is 0 Å². The topological polar surface area (TPSA) is 17.3 Å². The van der Waals surface area contributed by atoms with Crippen LogP contribution in [0.1, 0.15) is 5.56 Å². The first-order valence-corrected chi connectivity index (χ1v) is 9.30. The fourth-order valence-corrected chi connectivity index (χ4v) is 4.83. The summed E-state index contributed by atoms with van der Waals surface area (Å²) in [4.78, 5) is 4.92. The molecule has 4 aromatic rings. The van der Waals surface area contributed by atoms with Gasteiger partial charge in [0.25, 0.3) is 0 Å². The van der Waals surface area contributed by atoms with Gasteiger partial charge in [0.15, 0.2) is 0 Å². The van der Waals surface area contributed by atoms with E-state index in [1.54, 1.807) is 0 Å². The van der Waals surface area contributed by atoms with E-state index in [2.05, 4.69) is 84.3 Å². The van der Waals surface area contributed by atoms with E-state index in [0.29, 0.717) is 0 Å². The van der Waals surface area contributed by atoms with Gasteiger partial charge in [-0.25, -0.2) is 0 Å². The summed E-state index contributed by atoms with van der Waals surface area (Å²) in [7, 11) is 0. The van der Waals surface area contributed by atoms with Crippen LogP contribution in [0.15, 0.2) is 79.0 Å². The van der Waals surface area contributed by atoms with Gasteiger partial charge in [-0.1, -0.05) is 0 Å². The molecule has 2 heterocycles. The van der Waals surface area contributed by atoms with Gasteiger partial charge in [-0.3, -0.25) is 0 Å². The molecular weight excluding hydrogens is 347 g/mol. The molecule has 0 aliphatic carbocycles. The normalized spacial score (nSPS) is 11.0. The van der Waals surface area contributed by atoms with Crippen molar-refractivity contribution in [3.8, 4) is 11.3 Å². The molecular formula is C20H16N2Se. The Morgan fingerprint density at radius 3 is 2.39 bits per heavy atom. The van der Waals surface area contributed by atoms with E-state index in [1.807, 2.05) is 6.07 Å². The van der Waals surface area contributed by atoms with E-state index in [1.165, 1.54) is 20.2 Å². The summed E-state index contributed by atoms with van der Waals surface area (Å²) in [6.07, 6.45) is 2.12. The van der Waals surface area contributed by atoms with Crippen LogP contribution in [0.2, 0.25) is 0 Å². The monoisotopic (exact) mass is 364 g/mol. The van der Waals surface area contributed by atoms with Crippen LogP contribution < -0.4 is 9.05 Å².